The van der Waals surface area contributed by atoms with Crippen molar-refractivity contribution in [2.45, 2.75) is 59.8 Å². The molecule has 1 aliphatic rings. The van der Waals surface area contributed by atoms with E-state index in [0.29, 0.717) is 11.8 Å². The number of hydrogen-bond acceptors (Lipinski definition) is 0. The number of halogens is 2. The van der Waals surface area contributed by atoms with Gasteiger partial charge in [0, 0.05) is 0 Å². The minimum absolute atomic E-state index is 0. The average molecular weight is 519 g/mol. The second kappa shape index (κ2) is 14.2. The van der Waals surface area contributed by atoms with Gasteiger partial charge in [-0.05, 0) is 11.8 Å². The van der Waals surface area contributed by atoms with Crippen LogP contribution in [0, 0.1) is 6.08 Å². The first-order valence-electron chi connectivity index (χ1n) is 10.2. The molecule has 0 spiro atoms. The van der Waals surface area contributed by atoms with Crippen LogP contribution in [-0.4, -0.2) is 3.21 Å². The summed E-state index contributed by atoms with van der Waals surface area (Å²) in [5.41, 5.74) is 2.85. The molecule has 0 N–H and O–H groups in total. The fraction of sp³-hybridized carbons (Fsp3) is 0.333. The van der Waals surface area contributed by atoms with Gasteiger partial charge in [0.1, 0.15) is 0 Å². The van der Waals surface area contributed by atoms with E-state index in [9.17, 15) is 0 Å². The van der Waals surface area contributed by atoms with Crippen molar-refractivity contribution in [3.8, 4) is 0 Å². The molecular weight excluding hydrogens is 486 g/mol. The van der Waals surface area contributed by atoms with Gasteiger partial charge in [-0.25, -0.2) is 12.2 Å². The molecule has 0 aromatic heterocycles. The van der Waals surface area contributed by atoms with Crippen LogP contribution in [0.15, 0.2) is 60.7 Å². The normalized spacial score (nSPS) is 11.5. The molecule has 1 aliphatic carbocycles. The van der Waals surface area contributed by atoms with Gasteiger partial charge in [0.05, 0.1) is 0 Å². The van der Waals surface area contributed by atoms with Crippen LogP contribution >= 0.6 is 0 Å². The molecule has 160 valence electrons. The predicted octanol–water partition coefficient (Wildman–Crippen LogP) is 2.02. The van der Waals surface area contributed by atoms with Gasteiger partial charge in [0.2, 0.25) is 0 Å². The molecule has 4 rings (SSSR count). The molecule has 3 aromatic carbocycles. The summed E-state index contributed by atoms with van der Waals surface area (Å²) in [4.78, 5) is 0. The van der Waals surface area contributed by atoms with Crippen molar-refractivity contribution >= 4 is 24.8 Å². The van der Waals surface area contributed by atoms with Gasteiger partial charge in [-0.1, -0.05) is 63.1 Å². The molecule has 0 nitrogen and oxygen atoms in total. The van der Waals surface area contributed by atoms with E-state index in [0.717, 1.165) is 6.42 Å². The van der Waals surface area contributed by atoms with Gasteiger partial charge >= 0.3 is 41.3 Å². The van der Waals surface area contributed by atoms with E-state index in [2.05, 4.69) is 96.2 Å². The van der Waals surface area contributed by atoms with E-state index >= 15 is 0 Å². The third-order valence-electron chi connectivity index (χ3n) is 4.67. The van der Waals surface area contributed by atoms with Crippen LogP contribution in [0.4, 0.5) is 0 Å². The molecule has 0 heterocycles. The summed E-state index contributed by atoms with van der Waals surface area (Å²) in [6, 6.07) is 16.1. The van der Waals surface area contributed by atoms with Crippen LogP contribution in [0.1, 0.15) is 70.9 Å². The minimum atomic E-state index is 0. The fourth-order valence-corrected chi connectivity index (χ4v) is 3.12. The van der Waals surface area contributed by atoms with E-state index in [1.165, 1.54) is 35.9 Å². The minimum Gasteiger partial charge on any atom is -1.00 e. The Kier molecular flexibility index (Phi) is 13.8. The number of rotatable bonds is 2. The van der Waals surface area contributed by atoms with Crippen LogP contribution in [0.2, 0.25) is 0 Å². The number of fused-ring (bicyclic) bond motifs is 3. The number of allylic oxidation sites excluding steroid dienone is 4. The van der Waals surface area contributed by atoms with Crippen molar-refractivity contribution in [2.75, 3.05) is 0 Å². The molecule has 0 unspecified atom stereocenters. The Hall–Kier alpha value is -0.877. The Morgan fingerprint density at radius 2 is 1.30 bits per heavy atom. The summed E-state index contributed by atoms with van der Waals surface area (Å²) in [5.74, 6) is 1.18. The summed E-state index contributed by atoms with van der Waals surface area (Å²) in [6.45, 7) is 13.2. The first-order valence-corrected chi connectivity index (χ1v) is 11.4. The first kappa shape index (κ1) is 29.1. The Balaban J connectivity index is 0.000000645. The maximum atomic E-state index is 2.99. The Bertz CT molecular complexity index is 914. The zero-order valence-electron chi connectivity index (χ0n) is 18.9. The number of benzene rings is 2. The van der Waals surface area contributed by atoms with Crippen molar-refractivity contribution in [1.29, 1.82) is 0 Å². The Morgan fingerprint density at radius 1 is 0.867 bits per heavy atom. The molecule has 0 radical (unpaired) electrons. The van der Waals surface area contributed by atoms with E-state index < -0.39 is 0 Å². The van der Waals surface area contributed by atoms with Crippen LogP contribution in [0.3, 0.4) is 0 Å². The summed E-state index contributed by atoms with van der Waals surface area (Å²) < 4.78 is 1.51. The van der Waals surface area contributed by atoms with Gasteiger partial charge < -0.3 is 24.8 Å². The Morgan fingerprint density at radius 3 is 1.57 bits per heavy atom. The standard InChI is InChI=1S/C19H21.C5H5.C3H6.2ClH.Zr/c1-12(2)14-5-7-18-16(9-14)11-17-10-15(13(3)4)6-8-19(17)18;1-2-4-5-3-1;1-3-2;;;/h5-13H,1-4H3;1-3H,4H2;1-2H3;2*1H;/q2*-1;;;;+2/p-2. The third-order valence-corrected chi connectivity index (χ3v) is 4.67. The average Bonchev–Trinajstić information content (AvgIpc) is 3.31. The topological polar surface area (TPSA) is 0 Å². The second-order valence-electron chi connectivity index (χ2n) is 8.15. The van der Waals surface area contributed by atoms with Gasteiger partial charge in [0.25, 0.3) is 0 Å². The summed E-state index contributed by atoms with van der Waals surface area (Å²) in [7, 11) is 0. The molecule has 0 fully saturated rings. The van der Waals surface area contributed by atoms with E-state index in [-0.39, 0.29) is 24.8 Å². The summed E-state index contributed by atoms with van der Waals surface area (Å²) >= 11 is 1.55. The quantitative estimate of drug-likeness (QED) is 0.456. The van der Waals surface area contributed by atoms with Gasteiger partial charge in [-0.15, -0.1) is 46.2 Å². The summed E-state index contributed by atoms with van der Waals surface area (Å²) in [6.07, 6.45) is 10.0. The molecule has 30 heavy (non-hydrogen) atoms. The van der Waals surface area contributed by atoms with Crippen molar-refractivity contribution in [2.24, 2.45) is 0 Å². The second-order valence-corrected chi connectivity index (χ2v) is 10.6. The van der Waals surface area contributed by atoms with E-state index in [1.54, 1.807) is 24.2 Å². The summed E-state index contributed by atoms with van der Waals surface area (Å²) in [5, 5.41) is 5.52. The largest absolute Gasteiger partial charge is 1.00 e. The van der Waals surface area contributed by atoms with Gasteiger partial charge in [-0.2, -0.15) is 6.08 Å². The van der Waals surface area contributed by atoms with Crippen LogP contribution in [0.25, 0.3) is 21.5 Å². The molecule has 0 saturated heterocycles. The molecule has 0 saturated carbocycles. The van der Waals surface area contributed by atoms with Crippen molar-refractivity contribution < 1.29 is 49.0 Å². The van der Waals surface area contributed by atoms with E-state index in [1.807, 2.05) is 12.2 Å². The monoisotopic (exact) mass is 516 g/mol. The molecule has 0 atom stereocenters. The van der Waals surface area contributed by atoms with Crippen molar-refractivity contribution in [3.63, 3.8) is 0 Å². The zero-order valence-corrected chi connectivity index (χ0v) is 22.9. The maximum absolute atomic E-state index is 2.99. The Labute approximate surface area is 210 Å². The molecule has 3 aromatic rings. The molecule has 3 heteroatoms. The maximum Gasteiger partial charge on any atom is -0.109 e. The molecule has 0 aliphatic heterocycles. The van der Waals surface area contributed by atoms with E-state index in [4.69, 9.17) is 0 Å². The van der Waals surface area contributed by atoms with Gasteiger partial charge in [0.15, 0.2) is 0 Å². The molecule has 0 amide bonds. The van der Waals surface area contributed by atoms with Gasteiger partial charge in [-0.3, -0.25) is 6.08 Å². The van der Waals surface area contributed by atoms with Crippen LogP contribution in [0.5, 0.6) is 0 Å². The van der Waals surface area contributed by atoms with Crippen molar-refractivity contribution in [3.05, 3.63) is 77.9 Å². The molecule has 0 bridgehead atoms. The van der Waals surface area contributed by atoms with Crippen LogP contribution in [-0.2, 0) is 24.2 Å². The number of hydrogen-bond donors (Lipinski definition) is 0. The SMILES string of the molecule is CC(C)c1ccc2c(c1)[cH-]c1cc(C(C)C)ccc12.C[C](C)=[Zr+2].[C-]1=CC=CC1.[Cl-].[Cl-]. The predicted molar refractivity (Wildman–Crippen MR) is 123 cm³/mol. The third kappa shape index (κ3) is 8.70. The van der Waals surface area contributed by atoms with Crippen LogP contribution < -0.4 is 24.8 Å². The van der Waals surface area contributed by atoms with Crippen molar-refractivity contribution in [1.82, 2.24) is 0 Å². The first-order chi connectivity index (χ1) is 13.3. The zero-order chi connectivity index (χ0) is 20.7. The molecular formula is C27H32Cl2Zr-2. The fourth-order valence-electron chi connectivity index (χ4n) is 3.12. The smallest absolute Gasteiger partial charge is 0.109 e.